The van der Waals surface area contributed by atoms with Gasteiger partial charge in [0.2, 0.25) is 5.91 Å². The predicted molar refractivity (Wildman–Crippen MR) is 52.2 cm³/mol. The normalized spacial score (nSPS) is 24.4. The van der Waals surface area contributed by atoms with Gasteiger partial charge in [-0.1, -0.05) is 0 Å². The molecule has 0 spiro atoms. The van der Waals surface area contributed by atoms with Gasteiger partial charge in [-0.2, -0.15) is 0 Å². The molecule has 1 rings (SSSR count). The maximum Gasteiger partial charge on any atom is 0.306 e. The highest BCUT2D eigenvalue weighted by molar-refractivity contribution is 5.84. The van der Waals surface area contributed by atoms with E-state index in [0.717, 1.165) is 0 Å². The number of carbonyl (C=O) groups is 3. The first-order valence-corrected chi connectivity index (χ1v) is 5.11. The third kappa shape index (κ3) is 4.10. The molecule has 1 aliphatic heterocycles. The SMILES string of the molecule is O=C1CCCNC(=O)CCC(C(=O)O)C1. The van der Waals surface area contributed by atoms with Crippen LogP contribution in [-0.4, -0.2) is 29.3 Å². The average Bonchev–Trinajstić information content (AvgIpc) is 2.18. The molecule has 2 N–H and O–H groups in total. The Hall–Kier alpha value is -1.39. The molecule has 0 radical (unpaired) electrons. The summed E-state index contributed by atoms with van der Waals surface area (Å²) in [5.74, 6) is -1.85. The lowest BCUT2D eigenvalue weighted by molar-refractivity contribution is -0.144. The highest BCUT2D eigenvalue weighted by Crippen LogP contribution is 2.15. The van der Waals surface area contributed by atoms with Gasteiger partial charge in [0.15, 0.2) is 0 Å². The molecular weight excluding hydrogens is 198 g/mol. The molecule has 0 aromatic carbocycles. The molecule has 0 aliphatic carbocycles. The van der Waals surface area contributed by atoms with Crippen LogP contribution in [0.5, 0.6) is 0 Å². The van der Waals surface area contributed by atoms with Crippen molar-refractivity contribution in [3.8, 4) is 0 Å². The number of carboxylic acids is 1. The van der Waals surface area contributed by atoms with E-state index in [1.165, 1.54) is 0 Å². The molecule has 0 aromatic rings. The van der Waals surface area contributed by atoms with Crippen LogP contribution in [0.3, 0.4) is 0 Å². The number of ketones is 1. The Morgan fingerprint density at radius 1 is 1.33 bits per heavy atom. The molecule has 1 aliphatic rings. The van der Waals surface area contributed by atoms with Gasteiger partial charge in [-0.25, -0.2) is 0 Å². The molecule has 0 bridgehead atoms. The number of carboxylic acid groups (broad SMARTS) is 1. The minimum atomic E-state index is -0.989. The van der Waals surface area contributed by atoms with E-state index in [-0.39, 0.29) is 31.0 Å². The Kier molecular flexibility index (Phi) is 4.27. The van der Waals surface area contributed by atoms with Gasteiger partial charge in [-0.05, 0) is 12.8 Å². The van der Waals surface area contributed by atoms with E-state index in [9.17, 15) is 14.4 Å². The maximum atomic E-state index is 11.3. The highest BCUT2D eigenvalue weighted by atomic mass is 16.4. The average molecular weight is 213 g/mol. The van der Waals surface area contributed by atoms with Crippen LogP contribution in [-0.2, 0) is 14.4 Å². The zero-order valence-corrected chi connectivity index (χ0v) is 8.49. The first-order valence-electron chi connectivity index (χ1n) is 5.11. The number of amides is 1. The topological polar surface area (TPSA) is 83.5 Å². The summed E-state index contributed by atoms with van der Waals surface area (Å²) in [5, 5.41) is 11.5. The summed E-state index contributed by atoms with van der Waals surface area (Å²) in [6.07, 6.45) is 1.43. The summed E-state index contributed by atoms with van der Waals surface area (Å²) >= 11 is 0. The van der Waals surface area contributed by atoms with Gasteiger partial charge >= 0.3 is 5.97 Å². The van der Waals surface area contributed by atoms with Gasteiger partial charge in [-0.3, -0.25) is 14.4 Å². The van der Waals surface area contributed by atoms with Crippen molar-refractivity contribution in [2.45, 2.75) is 32.1 Å². The van der Waals surface area contributed by atoms with Crippen molar-refractivity contribution < 1.29 is 19.5 Å². The molecule has 1 amide bonds. The van der Waals surface area contributed by atoms with E-state index < -0.39 is 11.9 Å². The van der Waals surface area contributed by atoms with Crippen molar-refractivity contribution in [1.29, 1.82) is 0 Å². The smallest absolute Gasteiger partial charge is 0.306 e. The fraction of sp³-hybridized carbons (Fsp3) is 0.700. The van der Waals surface area contributed by atoms with Gasteiger partial charge < -0.3 is 10.4 Å². The lowest BCUT2D eigenvalue weighted by Gasteiger charge is -2.13. The summed E-state index contributed by atoms with van der Waals surface area (Å²) in [6, 6.07) is 0. The van der Waals surface area contributed by atoms with Gasteiger partial charge in [0.05, 0.1) is 5.92 Å². The fourth-order valence-electron chi connectivity index (χ4n) is 1.60. The molecule has 1 atom stereocenters. The van der Waals surface area contributed by atoms with Crippen molar-refractivity contribution in [3.05, 3.63) is 0 Å². The van der Waals surface area contributed by atoms with Crippen molar-refractivity contribution >= 4 is 17.7 Å². The number of hydrogen-bond donors (Lipinski definition) is 2. The minimum Gasteiger partial charge on any atom is -0.481 e. The second kappa shape index (κ2) is 5.48. The second-order valence-corrected chi connectivity index (χ2v) is 3.77. The summed E-state index contributed by atoms with van der Waals surface area (Å²) in [4.78, 5) is 33.3. The summed E-state index contributed by atoms with van der Waals surface area (Å²) in [6.45, 7) is 0.502. The molecule has 1 heterocycles. The second-order valence-electron chi connectivity index (χ2n) is 3.77. The molecule has 1 fully saturated rings. The van der Waals surface area contributed by atoms with Crippen LogP contribution in [0.2, 0.25) is 0 Å². The standard InChI is InChI=1S/C10H15NO4/c12-8-2-1-5-11-9(13)4-3-7(6-8)10(14)15/h7H,1-6H2,(H,11,13)(H,14,15). The third-order valence-corrected chi connectivity index (χ3v) is 2.50. The molecule has 1 unspecified atom stereocenters. The zero-order valence-electron chi connectivity index (χ0n) is 8.49. The van der Waals surface area contributed by atoms with Crippen LogP contribution >= 0.6 is 0 Å². The van der Waals surface area contributed by atoms with E-state index in [1.54, 1.807) is 0 Å². The van der Waals surface area contributed by atoms with E-state index in [0.29, 0.717) is 19.4 Å². The predicted octanol–water partition coefficient (Wildman–Crippen LogP) is 0.337. The molecule has 1 saturated heterocycles. The minimum absolute atomic E-state index is 0.0291. The van der Waals surface area contributed by atoms with Crippen molar-refractivity contribution in [2.24, 2.45) is 5.92 Å². The Bertz CT molecular complexity index is 275. The first-order chi connectivity index (χ1) is 7.09. The highest BCUT2D eigenvalue weighted by Gasteiger charge is 2.22. The number of carbonyl (C=O) groups excluding carboxylic acids is 2. The molecule has 0 saturated carbocycles. The largest absolute Gasteiger partial charge is 0.481 e. The molecular formula is C10H15NO4. The van der Waals surface area contributed by atoms with Crippen LogP contribution in [0.4, 0.5) is 0 Å². The van der Waals surface area contributed by atoms with E-state index in [4.69, 9.17) is 5.11 Å². The number of Topliss-reactive ketones (excluding diaryl/α,β-unsaturated/α-hetero) is 1. The molecule has 5 heteroatoms. The fourth-order valence-corrected chi connectivity index (χ4v) is 1.60. The molecule has 5 nitrogen and oxygen atoms in total. The van der Waals surface area contributed by atoms with Gasteiger partial charge in [0.1, 0.15) is 5.78 Å². The number of rotatable bonds is 1. The Balaban J connectivity index is 2.58. The van der Waals surface area contributed by atoms with Crippen molar-refractivity contribution in [2.75, 3.05) is 6.54 Å². The van der Waals surface area contributed by atoms with Gasteiger partial charge in [0, 0.05) is 25.8 Å². The lowest BCUT2D eigenvalue weighted by atomic mass is 9.94. The Labute approximate surface area is 87.8 Å². The Morgan fingerprint density at radius 3 is 2.73 bits per heavy atom. The Morgan fingerprint density at radius 2 is 2.07 bits per heavy atom. The lowest BCUT2D eigenvalue weighted by Crippen LogP contribution is -2.28. The number of aliphatic carboxylic acids is 1. The van der Waals surface area contributed by atoms with Crippen LogP contribution < -0.4 is 5.32 Å². The van der Waals surface area contributed by atoms with Crippen molar-refractivity contribution in [1.82, 2.24) is 5.32 Å². The number of hydrogen-bond acceptors (Lipinski definition) is 3. The number of nitrogens with one attached hydrogen (secondary N) is 1. The van der Waals surface area contributed by atoms with E-state index in [2.05, 4.69) is 5.32 Å². The quantitative estimate of drug-likeness (QED) is 0.657. The summed E-state index contributed by atoms with van der Waals surface area (Å²) in [5.41, 5.74) is 0. The van der Waals surface area contributed by atoms with E-state index in [1.807, 2.05) is 0 Å². The van der Waals surface area contributed by atoms with Crippen LogP contribution in [0.15, 0.2) is 0 Å². The summed E-state index contributed by atoms with van der Waals surface area (Å²) in [7, 11) is 0. The molecule has 84 valence electrons. The van der Waals surface area contributed by atoms with Crippen LogP contribution in [0.1, 0.15) is 32.1 Å². The third-order valence-electron chi connectivity index (χ3n) is 2.50. The zero-order chi connectivity index (χ0) is 11.3. The van der Waals surface area contributed by atoms with Crippen molar-refractivity contribution in [3.63, 3.8) is 0 Å². The first kappa shape index (κ1) is 11.7. The molecule has 15 heavy (non-hydrogen) atoms. The van der Waals surface area contributed by atoms with Crippen LogP contribution in [0, 0.1) is 5.92 Å². The van der Waals surface area contributed by atoms with Gasteiger partial charge in [0.25, 0.3) is 0 Å². The summed E-state index contributed by atoms with van der Waals surface area (Å²) < 4.78 is 0. The molecule has 0 aromatic heterocycles. The maximum absolute atomic E-state index is 11.3. The van der Waals surface area contributed by atoms with Crippen LogP contribution in [0.25, 0.3) is 0 Å². The monoisotopic (exact) mass is 213 g/mol. The van der Waals surface area contributed by atoms with E-state index >= 15 is 0 Å². The van der Waals surface area contributed by atoms with Gasteiger partial charge in [-0.15, -0.1) is 0 Å².